The molecule has 5 heteroatoms. The molecule has 0 heterocycles. The Labute approximate surface area is 119 Å². The molecule has 1 amide bonds. The normalized spacial score (nSPS) is 11.5. The lowest BCUT2D eigenvalue weighted by atomic mass is 10.1. The van der Waals surface area contributed by atoms with Crippen LogP contribution in [0.4, 0.5) is 4.79 Å². The van der Waals surface area contributed by atoms with Crippen molar-refractivity contribution in [1.82, 2.24) is 5.32 Å². The highest BCUT2D eigenvalue weighted by Crippen LogP contribution is 2.05. The Morgan fingerprint density at radius 1 is 1.25 bits per heavy atom. The van der Waals surface area contributed by atoms with E-state index in [0.29, 0.717) is 13.0 Å². The van der Waals surface area contributed by atoms with Gasteiger partial charge in [0, 0.05) is 6.42 Å². The molecule has 0 aromatic heterocycles. The SMILES string of the molecule is CCCCOC(=O)N[C@@H](Cc1ccccc1)C(=O)OC. The molecule has 0 aliphatic carbocycles. The smallest absolute Gasteiger partial charge is 0.407 e. The maximum Gasteiger partial charge on any atom is 0.407 e. The zero-order valence-electron chi connectivity index (χ0n) is 11.9. The van der Waals surface area contributed by atoms with Crippen molar-refractivity contribution < 1.29 is 19.1 Å². The molecule has 0 unspecified atom stereocenters. The Balaban J connectivity index is 2.56. The van der Waals surface area contributed by atoms with Crippen LogP contribution in [-0.4, -0.2) is 31.8 Å². The molecule has 0 aliphatic heterocycles. The summed E-state index contributed by atoms with van der Waals surface area (Å²) >= 11 is 0. The first-order valence-corrected chi connectivity index (χ1v) is 6.72. The Bertz CT molecular complexity index is 419. The molecule has 0 radical (unpaired) electrons. The second kappa shape index (κ2) is 8.96. The number of unbranched alkanes of at least 4 members (excludes halogenated alkanes) is 1. The molecule has 0 aliphatic rings. The van der Waals surface area contributed by atoms with Crippen LogP contribution in [-0.2, 0) is 20.7 Å². The van der Waals surface area contributed by atoms with Crippen molar-refractivity contribution in [3.63, 3.8) is 0 Å². The van der Waals surface area contributed by atoms with Crippen LogP contribution in [0, 0.1) is 0 Å². The van der Waals surface area contributed by atoms with E-state index in [4.69, 9.17) is 9.47 Å². The second-order valence-corrected chi connectivity index (χ2v) is 4.40. The Kier molecular flexibility index (Phi) is 7.17. The molecule has 0 fully saturated rings. The van der Waals surface area contributed by atoms with E-state index < -0.39 is 18.1 Å². The number of carbonyl (C=O) groups excluding carboxylic acids is 2. The number of ether oxygens (including phenoxy) is 2. The van der Waals surface area contributed by atoms with Crippen molar-refractivity contribution in [2.75, 3.05) is 13.7 Å². The highest BCUT2D eigenvalue weighted by Gasteiger charge is 2.22. The summed E-state index contributed by atoms with van der Waals surface area (Å²) in [5.74, 6) is -0.485. The number of methoxy groups -OCH3 is 1. The third-order valence-corrected chi connectivity index (χ3v) is 2.79. The average Bonchev–Trinajstić information content (AvgIpc) is 2.47. The van der Waals surface area contributed by atoms with E-state index in [1.807, 2.05) is 37.3 Å². The van der Waals surface area contributed by atoms with Crippen molar-refractivity contribution in [3.8, 4) is 0 Å². The maximum atomic E-state index is 11.7. The number of benzene rings is 1. The van der Waals surface area contributed by atoms with Gasteiger partial charge < -0.3 is 14.8 Å². The van der Waals surface area contributed by atoms with Crippen molar-refractivity contribution in [2.45, 2.75) is 32.2 Å². The number of alkyl carbamates (subject to hydrolysis) is 1. The summed E-state index contributed by atoms with van der Waals surface area (Å²) in [6.07, 6.45) is 1.52. The molecule has 1 rings (SSSR count). The molecule has 20 heavy (non-hydrogen) atoms. The van der Waals surface area contributed by atoms with Crippen LogP contribution >= 0.6 is 0 Å². The highest BCUT2D eigenvalue weighted by atomic mass is 16.6. The Hall–Kier alpha value is -2.04. The molecule has 0 bridgehead atoms. The van der Waals surface area contributed by atoms with Gasteiger partial charge in [-0.25, -0.2) is 9.59 Å². The molecule has 0 spiro atoms. The van der Waals surface area contributed by atoms with Crippen molar-refractivity contribution >= 4 is 12.1 Å². The number of nitrogens with one attached hydrogen (secondary N) is 1. The first-order valence-electron chi connectivity index (χ1n) is 6.72. The summed E-state index contributed by atoms with van der Waals surface area (Å²) in [4.78, 5) is 23.3. The first-order chi connectivity index (χ1) is 9.67. The van der Waals surface area contributed by atoms with Crippen molar-refractivity contribution in [3.05, 3.63) is 35.9 Å². The summed E-state index contributed by atoms with van der Waals surface area (Å²) in [6.45, 7) is 2.36. The molecular weight excluding hydrogens is 258 g/mol. The minimum atomic E-state index is -0.739. The zero-order chi connectivity index (χ0) is 14.8. The number of carbonyl (C=O) groups is 2. The van der Waals surface area contributed by atoms with Crippen molar-refractivity contribution in [1.29, 1.82) is 0 Å². The molecule has 1 N–H and O–H groups in total. The largest absolute Gasteiger partial charge is 0.467 e. The van der Waals surface area contributed by atoms with E-state index in [2.05, 4.69) is 5.32 Å². The first kappa shape index (κ1) is 16.0. The van der Waals surface area contributed by atoms with E-state index in [9.17, 15) is 9.59 Å². The van der Waals surface area contributed by atoms with Gasteiger partial charge in [0.25, 0.3) is 0 Å². The average molecular weight is 279 g/mol. The second-order valence-electron chi connectivity index (χ2n) is 4.40. The topological polar surface area (TPSA) is 64.6 Å². The molecule has 1 aromatic rings. The van der Waals surface area contributed by atoms with Gasteiger partial charge in [-0.2, -0.15) is 0 Å². The summed E-state index contributed by atoms with van der Waals surface area (Å²) in [5, 5.41) is 2.54. The summed E-state index contributed by atoms with van der Waals surface area (Å²) in [6, 6.07) is 8.69. The summed E-state index contributed by atoms with van der Waals surface area (Å²) in [7, 11) is 1.30. The van der Waals surface area contributed by atoms with Crippen LogP contribution in [0.3, 0.4) is 0 Å². The van der Waals surface area contributed by atoms with Gasteiger partial charge in [-0.05, 0) is 12.0 Å². The van der Waals surface area contributed by atoms with Crippen molar-refractivity contribution in [2.24, 2.45) is 0 Å². The van der Waals surface area contributed by atoms with Crippen LogP contribution in [0.15, 0.2) is 30.3 Å². The lowest BCUT2D eigenvalue weighted by Crippen LogP contribution is -2.43. The fourth-order valence-electron chi connectivity index (χ4n) is 1.68. The molecule has 0 saturated carbocycles. The van der Waals surface area contributed by atoms with Crippen LogP contribution in [0.1, 0.15) is 25.3 Å². The van der Waals surface area contributed by atoms with Gasteiger partial charge in [-0.3, -0.25) is 0 Å². The Morgan fingerprint density at radius 3 is 2.55 bits per heavy atom. The van der Waals surface area contributed by atoms with Gasteiger partial charge in [-0.1, -0.05) is 43.7 Å². The molecular formula is C15H21NO4. The minimum absolute atomic E-state index is 0.349. The number of amides is 1. The van der Waals surface area contributed by atoms with Gasteiger partial charge in [0.05, 0.1) is 13.7 Å². The van der Waals surface area contributed by atoms with E-state index in [0.717, 1.165) is 18.4 Å². The van der Waals surface area contributed by atoms with Gasteiger partial charge in [0.1, 0.15) is 6.04 Å². The molecule has 0 saturated heterocycles. The fraction of sp³-hybridized carbons (Fsp3) is 0.467. The molecule has 5 nitrogen and oxygen atoms in total. The predicted molar refractivity (Wildman–Crippen MR) is 75.3 cm³/mol. The van der Waals surface area contributed by atoms with E-state index >= 15 is 0 Å². The molecule has 1 atom stereocenters. The van der Waals surface area contributed by atoms with Crippen LogP contribution in [0.25, 0.3) is 0 Å². The summed E-state index contributed by atoms with van der Waals surface area (Å²) in [5.41, 5.74) is 0.941. The Morgan fingerprint density at radius 2 is 1.95 bits per heavy atom. The number of esters is 1. The minimum Gasteiger partial charge on any atom is -0.467 e. The number of rotatable bonds is 7. The number of hydrogen-bond donors (Lipinski definition) is 1. The van der Waals surface area contributed by atoms with Gasteiger partial charge >= 0.3 is 12.1 Å². The van der Waals surface area contributed by atoms with Crippen LogP contribution < -0.4 is 5.32 Å². The lowest BCUT2D eigenvalue weighted by molar-refractivity contribution is -0.142. The van der Waals surface area contributed by atoms with Crippen LogP contribution in [0.2, 0.25) is 0 Å². The zero-order valence-corrected chi connectivity index (χ0v) is 11.9. The standard InChI is InChI=1S/C15H21NO4/c1-3-4-10-20-15(18)16-13(14(17)19-2)11-12-8-6-5-7-9-12/h5-9,13H,3-4,10-11H2,1-2H3,(H,16,18)/t13-/m0/s1. The lowest BCUT2D eigenvalue weighted by Gasteiger charge is -2.16. The van der Waals surface area contributed by atoms with E-state index in [1.165, 1.54) is 7.11 Å². The molecule has 110 valence electrons. The fourth-order valence-corrected chi connectivity index (χ4v) is 1.68. The van der Waals surface area contributed by atoms with Gasteiger partial charge in [0.15, 0.2) is 0 Å². The quantitative estimate of drug-likeness (QED) is 0.614. The van der Waals surface area contributed by atoms with Crippen LogP contribution in [0.5, 0.6) is 0 Å². The number of hydrogen-bond acceptors (Lipinski definition) is 4. The maximum absolute atomic E-state index is 11.7. The van der Waals surface area contributed by atoms with Gasteiger partial charge in [-0.15, -0.1) is 0 Å². The monoisotopic (exact) mass is 279 g/mol. The van der Waals surface area contributed by atoms with E-state index in [1.54, 1.807) is 0 Å². The summed E-state index contributed by atoms with van der Waals surface area (Å²) < 4.78 is 9.69. The highest BCUT2D eigenvalue weighted by molar-refractivity contribution is 5.81. The van der Waals surface area contributed by atoms with Gasteiger partial charge in [0.2, 0.25) is 0 Å². The predicted octanol–water partition coefficient (Wildman–Crippen LogP) is 2.30. The molecule has 1 aromatic carbocycles. The third kappa shape index (κ3) is 5.73. The third-order valence-electron chi connectivity index (χ3n) is 2.79. The van der Waals surface area contributed by atoms with E-state index in [-0.39, 0.29) is 0 Å².